The first kappa shape index (κ1) is 27.6. The number of hydrogen-bond donors (Lipinski definition) is 0. The van der Waals surface area contributed by atoms with Gasteiger partial charge in [-0.2, -0.15) is 0 Å². The van der Waals surface area contributed by atoms with Gasteiger partial charge in [-0.1, -0.05) is 148 Å². The molecule has 3 heterocycles. The van der Waals surface area contributed by atoms with Crippen molar-refractivity contribution < 1.29 is 0 Å². The quantitative estimate of drug-likeness (QED) is 0.160. The van der Waals surface area contributed by atoms with Crippen molar-refractivity contribution in [2.45, 2.75) is 0 Å². The molecule has 48 heavy (non-hydrogen) atoms. The predicted molar refractivity (Wildman–Crippen MR) is 216 cm³/mol. The Bertz CT molecular complexity index is 2810. The normalized spacial score (nSPS) is 13.1. The van der Waals surface area contributed by atoms with Crippen molar-refractivity contribution in [1.82, 2.24) is 9.13 Å². The van der Waals surface area contributed by atoms with E-state index in [0.29, 0.717) is 0 Å². The molecule has 7 aromatic carbocycles. The fourth-order valence-corrected chi connectivity index (χ4v) is 9.08. The Labute approximate surface area is 288 Å². The lowest BCUT2D eigenvalue weighted by Gasteiger charge is -2.14. The van der Waals surface area contributed by atoms with Gasteiger partial charge in [-0.05, 0) is 66.8 Å². The first-order valence-electron chi connectivity index (χ1n) is 16.3. The minimum atomic E-state index is -0.0204. The van der Waals surface area contributed by atoms with E-state index in [1.54, 1.807) is 0 Å². The highest BCUT2D eigenvalue weighted by molar-refractivity contribution is 14.2. The molecule has 0 bridgehead atoms. The van der Waals surface area contributed by atoms with Crippen LogP contribution in [0.1, 0.15) is 0 Å². The van der Waals surface area contributed by atoms with E-state index >= 15 is 0 Å². The molecule has 1 aliphatic heterocycles. The van der Waals surface area contributed by atoms with Gasteiger partial charge in [-0.15, -0.1) is 0 Å². The molecule has 3 heteroatoms. The van der Waals surface area contributed by atoms with Crippen LogP contribution in [0.5, 0.6) is 0 Å². The fourth-order valence-electron chi connectivity index (χ4n) is 7.69. The zero-order valence-electron chi connectivity index (χ0n) is 26.0. The molecule has 10 rings (SSSR count). The third-order valence-electron chi connectivity index (χ3n) is 9.74. The largest absolute Gasteiger partial charge is 0.309 e. The highest BCUT2D eigenvalue weighted by atomic mass is 127. The van der Waals surface area contributed by atoms with E-state index in [-0.39, 0.29) is 20.7 Å². The molecule has 0 saturated heterocycles. The number of nitrogens with zero attached hydrogens (tertiary/aromatic N) is 2. The molecule has 2 nitrogen and oxygen atoms in total. The smallest absolute Gasteiger partial charge is 0.0627 e. The summed E-state index contributed by atoms with van der Waals surface area (Å²) < 4.78 is 9.72. The van der Waals surface area contributed by atoms with Crippen molar-refractivity contribution in [2.75, 3.05) is 0 Å². The Morgan fingerprint density at radius 3 is 1.58 bits per heavy atom. The Morgan fingerprint density at radius 2 is 0.938 bits per heavy atom. The summed E-state index contributed by atoms with van der Waals surface area (Å²) in [6.45, 7) is 0. The van der Waals surface area contributed by atoms with Crippen LogP contribution < -0.4 is 0 Å². The first-order valence-corrected chi connectivity index (χ1v) is 18.8. The molecule has 0 aliphatic carbocycles. The van der Waals surface area contributed by atoms with E-state index in [1.807, 2.05) is 0 Å². The Morgan fingerprint density at radius 1 is 0.417 bits per heavy atom. The van der Waals surface area contributed by atoms with Crippen molar-refractivity contribution >= 4 is 84.8 Å². The van der Waals surface area contributed by atoms with E-state index in [2.05, 4.69) is 181 Å². The molecular weight excluding hydrogens is 695 g/mol. The standard InChI is InChI=1S/C45H29IN2/c1-2-11-30(12-3-1)31-21-23-32(24-22-31)33-13-10-14-35(29-33)48-41-20-9-7-18-39(41)43-42-38-17-6-8-19-40(38)47(34-25-27-46-28-26-34)44(42)36-15-4-5-16-37(36)45(43)48/h1-29H. The van der Waals surface area contributed by atoms with E-state index < -0.39 is 0 Å². The van der Waals surface area contributed by atoms with Crippen LogP contribution in [0.4, 0.5) is 0 Å². The molecule has 0 amide bonds. The highest BCUT2D eigenvalue weighted by Gasteiger charge is 2.24. The Kier molecular flexibility index (Phi) is 6.34. The summed E-state index contributed by atoms with van der Waals surface area (Å²) in [4.78, 5) is 0. The van der Waals surface area contributed by atoms with Crippen molar-refractivity contribution in [3.63, 3.8) is 0 Å². The maximum absolute atomic E-state index is 2.50. The monoisotopic (exact) mass is 724 g/mol. The van der Waals surface area contributed by atoms with Gasteiger partial charge in [0.2, 0.25) is 0 Å². The maximum atomic E-state index is 2.50. The zero-order valence-corrected chi connectivity index (χ0v) is 28.2. The number of hydrogen-bond acceptors (Lipinski definition) is 0. The first-order chi connectivity index (χ1) is 23.8. The third kappa shape index (κ3) is 4.14. The van der Waals surface area contributed by atoms with Crippen LogP contribution >= 0.6 is 20.7 Å². The van der Waals surface area contributed by atoms with Gasteiger partial charge in [0, 0.05) is 43.7 Å². The highest BCUT2D eigenvalue weighted by Crippen LogP contribution is 2.47. The summed E-state index contributed by atoms with van der Waals surface area (Å²) >= 11 is -0.0204. The summed E-state index contributed by atoms with van der Waals surface area (Å²) in [5, 5.41) is 7.71. The second-order valence-electron chi connectivity index (χ2n) is 12.3. The average Bonchev–Trinajstić information content (AvgIpc) is 3.70. The second-order valence-corrected chi connectivity index (χ2v) is 14.5. The van der Waals surface area contributed by atoms with Crippen LogP contribution in [0.3, 0.4) is 0 Å². The molecular formula is C45H29IN2. The summed E-state index contributed by atoms with van der Waals surface area (Å²) in [6, 6.07) is 55.4. The van der Waals surface area contributed by atoms with Gasteiger partial charge in [0.15, 0.2) is 0 Å². The number of fused-ring (bicyclic) bond motifs is 10. The number of allylic oxidation sites excluding steroid dienone is 3. The van der Waals surface area contributed by atoms with Gasteiger partial charge in [0.1, 0.15) is 0 Å². The fraction of sp³-hybridized carbons (Fsp3) is 0. The number of aromatic nitrogens is 2. The van der Waals surface area contributed by atoms with Gasteiger partial charge < -0.3 is 9.13 Å². The SMILES string of the molecule is C1=CC(n2c3ccccc3c3c4c5ccccc5n(-c5cccc(-c6ccc(-c7ccccc7)cc6)c5)c4c4ccccc4c32)=CC=I1. The Balaban J connectivity index is 1.29. The lowest BCUT2D eigenvalue weighted by Crippen LogP contribution is -1.98. The van der Waals surface area contributed by atoms with Gasteiger partial charge in [0.05, 0.1) is 22.1 Å². The number of rotatable bonds is 4. The molecule has 0 radical (unpaired) electrons. The molecule has 2 aromatic heterocycles. The lowest BCUT2D eigenvalue weighted by molar-refractivity contribution is 1.19. The van der Waals surface area contributed by atoms with Gasteiger partial charge in [-0.25, -0.2) is 0 Å². The number of benzene rings is 7. The zero-order chi connectivity index (χ0) is 31.6. The minimum Gasteiger partial charge on any atom is -0.309 e. The molecule has 0 spiro atoms. The van der Waals surface area contributed by atoms with Crippen molar-refractivity contribution in [3.05, 3.63) is 168 Å². The molecule has 1 aliphatic rings. The van der Waals surface area contributed by atoms with Gasteiger partial charge in [0.25, 0.3) is 0 Å². The Hall–Kier alpha value is -5.52. The molecule has 0 saturated carbocycles. The molecule has 0 atom stereocenters. The van der Waals surface area contributed by atoms with Gasteiger partial charge in [-0.3, -0.25) is 0 Å². The van der Waals surface area contributed by atoms with Gasteiger partial charge >= 0.3 is 0 Å². The summed E-state index contributed by atoms with van der Waals surface area (Å²) in [7, 11) is 0. The van der Waals surface area contributed by atoms with Crippen LogP contribution in [-0.4, -0.2) is 13.1 Å². The molecule has 0 fully saturated rings. The summed E-state index contributed by atoms with van der Waals surface area (Å²) in [5.74, 6) is 0. The summed E-state index contributed by atoms with van der Waals surface area (Å²) in [6.07, 6.45) is 4.64. The summed E-state index contributed by atoms with van der Waals surface area (Å²) in [5.41, 5.74) is 12.3. The van der Waals surface area contributed by atoms with Crippen LogP contribution in [0, 0.1) is 0 Å². The topological polar surface area (TPSA) is 9.86 Å². The number of halogens is 1. The van der Waals surface area contributed by atoms with Crippen molar-refractivity contribution in [1.29, 1.82) is 0 Å². The maximum Gasteiger partial charge on any atom is 0.0627 e. The van der Waals surface area contributed by atoms with Crippen LogP contribution in [0.15, 0.2) is 168 Å². The predicted octanol–water partition coefficient (Wildman–Crippen LogP) is 12.5. The van der Waals surface area contributed by atoms with E-state index in [4.69, 9.17) is 0 Å². The van der Waals surface area contributed by atoms with E-state index in [1.165, 1.54) is 82.3 Å². The van der Waals surface area contributed by atoms with E-state index in [9.17, 15) is 0 Å². The molecule has 9 aromatic rings. The molecule has 0 N–H and O–H groups in total. The van der Waals surface area contributed by atoms with Crippen molar-refractivity contribution in [3.8, 4) is 27.9 Å². The average molecular weight is 725 g/mol. The van der Waals surface area contributed by atoms with E-state index in [0.717, 1.165) is 5.69 Å². The van der Waals surface area contributed by atoms with Crippen LogP contribution in [-0.2, 0) is 0 Å². The molecule has 226 valence electrons. The van der Waals surface area contributed by atoms with Crippen molar-refractivity contribution in [2.24, 2.45) is 0 Å². The lowest BCUT2D eigenvalue weighted by atomic mass is 9.99. The number of para-hydroxylation sites is 2. The minimum absolute atomic E-state index is 0.0204. The second kappa shape index (κ2) is 11.0. The third-order valence-corrected chi connectivity index (χ3v) is 11.3. The van der Waals surface area contributed by atoms with Crippen LogP contribution in [0.25, 0.3) is 88.0 Å². The van der Waals surface area contributed by atoms with Crippen LogP contribution in [0.2, 0.25) is 0 Å². The molecule has 0 unspecified atom stereocenters.